The van der Waals surface area contributed by atoms with Crippen LogP contribution < -0.4 is 0 Å². The number of fused-ring (bicyclic) bond motifs is 1. The molecule has 0 aromatic carbocycles. The fourth-order valence-electron chi connectivity index (χ4n) is 3.17. The molecule has 118 valence electrons. The van der Waals surface area contributed by atoms with Crippen LogP contribution in [-0.4, -0.2) is 27.6 Å². The minimum Gasteiger partial charge on any atom is -0.472 e. The van der Waals surface area contributed by atoms with Crippen LogP contribution in [0.15, 0.2) is 29.2 Å². The van der Waals surface area contributed by atoms with Gasteiger partial charge in [-0.15, -0.1) is 0 Å². The number of aromatic nitrogens is 2. The zero-order valence-corrected chi connectivity index (χ0v) is 13.1. The molecule has 3 heterocycles. The highest BCUT2D eigenvalue weighted by Crippen LogP contribution is 2.30. The van der Waals surface area contributed by atoms with Gasteiger partial charge in [-0.1, -0.05) is 0 Å². The van der Waals surface area contributed by atoms with E-state index in [1.165, 1.54) is 24.1 Å². The molecule has 2 aromatic heterocycles. The molecule has 4 rings (SSSR count). The fourth-order valence-corrected chi connectivity index (χ4v) is 3.17. The van der Waals surface area contributed by atoms with Gasteiger partial charge in [0.25, 0.3) is 0 Å². The number of hydrogen-bond acceptors (Lipinski definition) is 4. The van der Waals surface area contributed by atoms with Crippen LogP contribution in [0.5, 0.6) is 0 Å². The maximum atomic E-state index is 5.83. The Morgan fingerprint density at radius 3 is 3.05 bits per heavy atom. The lowest BCUT2D eigenvalue weighted by molar-refractivity contribution is 0.101. The first kappa shape index (κ1) is 14.0. The minimum absolute atomic E-state index is 0.320. The van der Waals surface area contributed by atoms with E-state index in [9.17, 15) is 0 Å². The molecular formula is C17H23N3O2. The number of nitrogens with zero attached hydrogens (tertiary/aromatic N) is 3. The van der Waals surface area contributed by atoms with Gasteiger partial charge in [0.1, 0.15) is 5.82 Å². The summed E-state index contributed by atoms with van der Waals surface area (Å²) in [5.41, 5.74) is 2.44. The molecule has 0 radical (unpaired) electrons. The molecule has 0 N–H and O–H groups in total. The molecule has 1 saturated carbocycles. The van der Waals surface area contributed by atoms with Gasteiger partial charge in [0.05, 0.1) is 37.1 Å². The van der Waals surface area contributed by atoms with Gasteiger partial charge in [0, 0.05) is 31.8 Å². The SMILES string of the molecule is C[C@@H]1c2ncc(COCC3CC3)n2CCN1Cc1ccoc1. The van der Waals surface area contributed by atoms with Crippen molar-refractivity contribution in [2.24, 2.45) is 5.92 Å². The number of hydrogen-bond donors (Lipinski definition) is 0. The fraction of sp³-hybridized carbons (Fsp3) is 0.588. The molecule has 0 saturated heterocycles. The van der Waals surface area contributed by atoms with Crippen molar-refractivity contribution in [2.75, 3.05) is 13.2 Å². The van der Waals surface area contributed by atoms with Crippen LogP contribution in [-0.2, 0) is 24.4 Å². The predicted octanol–water partition coefficient (Wildman–Crippen LogP) is 2.98. The lowest BCUT2D eigenvalue weighted by atomic mass is 10.2. The number of ether oxygens (including phenoxy) is 1. The van der Waals surface area contributed by atoms with Gasteiger partial charge in [-0.05, 0) is 31.7 Å². The summed E-state index contributed by atoms with van der Waals surface area (Å²) in [7, 11) is 0. The van der Waals surface area contributed by atoms with Crippen LogP contribution in [0.4, 0.5) is 0 Å². The van der Waals surface area contributed by atoms with E-state index in [2.05, 4.69) is 21.4 Å². The zero-order chi connectivity index (χ0) is 14.9. The molecule has 1 aliphatic heterocycles. The Labute approximate surface area is 130 Å². The van der Waals surface area contributed by atoms with Crippen LogP contribution in [0.3, 0.4) is 0 Å². The average molecular weight is 301 g/mol. The summed E-state index contributed by atoms with van der Waals surface area (Å²) in [4.78, 5) is 7.09. The van der Waals surface area contributed by atoms with E-state index in [0.29, 0.717) is 12.6 Å². The lowest BCUT2D eigenvalue weighted by Crippen LogP contribution is -2.37. The monoisotopic (exact) mass is 301 g/mol. The Balaban J connectivity index is 1.42. The van der Waals surface area contributed by atoms with Gasteiger partial charge in [-0.25, -0.2) is 4.98 Å². The lowest BCUT2D eigenvalue weighted by Gasteiger charge is -2.34. The summed E-state index contributed by atoms with van der Waals surface area (Å²) < 4.78 is 13.3. The smallest absolute Gasteiger partial charge is 0.126 e. The van der Waals surface area contributed by atoms with Crippen molar-refractivity contribution in [3.63, 3.8) is 0 Å². The second-order valence-corrected chi connectivity index (χ2v) is 6.50. The standard InChI is InChI=1S/C17H23N3O2/c1-13-17-18-8-16(12-22-10-14-2-3-14)20(17)6-5-19(13)9-15-4-7-21-11-15/h4,7-8,11,13-14H,2-3,5-6,9-10,12H2,1H3/t13-/m1/s1. The molecule has 0 amide bonds. The average Bonchev–Trinajstić information content (AvgIpc) is 3.03. The minimum atomic E-state index is 0.320. The highest BCUT2D eigenvalue weighted by molar-refractivity contribution is 5.12. The molecule has 1 aliphatic carbocycles. The summed E-state index contributed by atoms with van der Waals surface area (Å²) in [5, 5.41) is 0. The van der Waals surface area contributed by atoms with Gasteiger partial charge in [-0.3, -0.25) is 4.90 Å². The summed E-state index contributed by atoms with van der Waals surface area (Å²) in [6.07, 6.45) is 8.22. The maximum absolute atomic E-state index is 5.83. The maximum Gasteiger partial charge on any atom is 0.126 e. The van der Waals surface area contributed by atoms with Crippen molar-refractivity contribution in [1.82, 2.24) is 14.5 Å². The third-order valence-corrected chi connectivity index (χ3v) is 4.77. The van der Waals surface area contributed by atoms with Gasteiger partial charge in [0.15, 0.2) is 0 Å². The summed E-state index contributed by atoms with van der Waals surface area (Å²) >= 11 is 0. The molecule has 5 heteroatoms. The first-order chi connectivity index (χ1) is 10.8. The Kier molecular flexibility index (Phi) is 3.76. The van der Waals surface area contributed by atoms with Crippen molar-refractivity contribution < 1.29 is 9.15 Å². The highest BCUT2D eigenvalue weighted by atomic mass is 16.5. The molecule has 0 unspecified atom stereocenters. The van der Waals surface area contributed by atoms with E-state index in [4.69, 9.17) is 9.15 Å². The predicted molar refractivity (Wildman–Crippen MR) is 82.1 cm³/mol. The molecule has 1 fully saturated rings. The third kappa shape index (κ3) is 2.83. The summed E-state index contributed by atoms with van der Waals surface area (Å²) in [5.74, 6) is 1.97. The van der Waals surface area contributed by atoms with Gasteiger partial charge >= 0.3 is 0 Å². The summed E-state index contributed by atoms with van der Waals surface area (Å²) in [6.45, 7) is 6.76. The van der Waals surface area contributed by atoms with Crippen molar-refractivity contribution in [3.8, 4) is 0 Å². The normalized spacial score (nSPS) is 22.0. The molecule has 22 heavy (non-hydrogen) atoms. The largest absolute Gasteiger partial charge is 0.472 e. The molecule has 0 bridgehead atoms. The first-order valence-corrected chi connectivity index (χ1v) is 8.18. The topological polar surface area (TPSA) is 43.4 Å². The molecule has 2 aliphatic rings. The van der Waals surface area contributed by atoms with Crippen molar-refractivity contribution in [1.29, 1.82) is 0 Å². The van der Waals surface area contributed by atoms with Crippen LogP contribution >= 0.6 is 0 Å². The molecule has 2 aromatic rings. The second kappa shape index (κ2) is 5.89. The Bertz CT molecular complexity index is 616. The van der Waals surface area contributed by atoms with Crippen molar-refractivity contribution in [2.45, 2.75) is 45.5 Å². The van der Waals surface area contributed by atoms with Crippen LogP contribution in [0.25, 0.3) is 0 Å². The van der Waals surface area contributed by atoms with Crippen molar-refractivity contribution in [3.05, 3.63) is 41.9 Å². The van der Waals surface area contributed by atoms with E-state index in [1.807, 2.05) is 18.5 Å². The Morgan fingerprint density at radius 1 is 1.36 bits per heavy atom. The van der Waals surface area contributed by atoms with Gasteiger partial charge in [-0.2, -0.15) is 0 Å². The van der Waals surface area contributed by atoms with Crippen LogP contribution in [0.2, 0.25) is 0 Å². The van der Waals surface area contributed by atoms with Crippen LogP contribution in [0, 0.1) is 5.92 Å². The second-order valence-electron chi connectivity index (χ2n) is 6.50. The molecular weight excluding hydrogens is 278 g/mol. The van der Waals surface area contributed by atoms with E-state index in [0.717, 1.165) is 38.0 Å². The Morgan fingerprint density at radius 2 is 2.27 bits per heavy atom. The number of furan rings is 1. The summed E-state index contributed by atoms with van der Waals surface area (Å²) in [6, 6.07) is 2.35. The number of imidazole rings is 1. The highest BCUT2D eigenvalue weighted by Gasteiger charge is 2.27. The Hall–Kier alpha value is -1.59. The quantitative estimate of drug-likeness (QED) is 0.822. The molecule has 1 atom stereocenters. The van der Waals surface area contributed by atoms with Gasteiger partial charge in [0.2, 0.25) is 0 Å². The zero-order valence-electron chi connectivity index (χ0n) is 13.1. The first-order valence-electron chi connectivity index (χ1n) is 8.18. The van der Waals surface area contributed by atoms with Crippen molar-refractivity contribution >= 4 is 0 Å². The van der Waals surface area contributed by atoms with E-state index in [-0.39, 0.29) is 0 Å². The van der Waals surface area contributed by atoms with Crippen LogP contribution in [0.1, 0.15) is 42.9 Å². The molecule has 0 spiro atoms. The number of rotatable bonds is 6. The van der Waals surface area contributed by atoms with E-state index in [1.54, 1.807) is 6.26 Å². The molecule has 5 nitrogen and oxygen atoms in total. The van der Waals surface area contributed by atoms with Gasteiger partial charge < -0.3 is 13.7 Å². The van der Waals surface area contributed by atoms with E-state index >= 15 is 0 Å². The third-order valence-electron chi connectivity index (χ3n) is 4.77. The van der Waals surface area contributed by atoms with E-state index < -0.39 is 0 Å².